The second kappa shape index (κ2) is 7.32. The highest BCUT2D eigenvalue weighted by Crippen LogP contribution is 2.13. The highest BCUT2D eigenvalue weighted by Gasteiger charge is 2.21. The van der Waals surface area contributed by atoms with Gasteiger partial charge >= 0.3 is 5.97 Å². The first kappa shape index (κ1) is 17.1. The smallest absolute Gasteiger partial charge is 0.326 e. The number of carboxylic acid groups (broad SMARTS) is 1. The molecule has 0 unspecified atom stereocenters. The van der Waals surface area contributed by atoms with Crippen LogP contribution in [0.15, 0.2) is 48.5 Å². The summed E-state index contributed by atoms with van der Waals surface area (Å²) in [6.07, 6.45) is -0.0611. The number of nitrogens with zero attached hydrogens (tertiary/aromatic N) is 1. The average Bonchev–Trinajstić information content (AvgIpc) is 2.54. The molecule has 1 atom stereocenters. The number of amides is 1. The molecule has 0 aliphatic carbocycles. The van der Waals surface area contributed by atoms with Crippen molar-refractivity contribution in [3.05, 3.63) is 75.6 Å². The fraction of sp³-hybridized carbons (Fsp3) is 0.125. The Morgan fingerprint density at radius 3 is 2.42 bits per heavy atom. The number of nitrogens with one attached hydrogen (secondary N) is 1. The quantitative estimate of drug-likeness (QED) is 0.622. The van der Waals surface area contributed by atoms with Crippen LogP contribution >= 0.6 is 0 Å². The Labute approximate surface area is 135 Å². The van der Waals surface area contributed by atoms with Crippen LogP contribution in [0.2, 0.25) is 0 Å². The lowest BCUT2D eigenvalue weighted by molar-refractivity contribution is -0.384. The number of carbonyl (C=O) groups excluding carboxylic acids is 1. The van der Waals surface area contributed by atoms with E-state index >= 15 is 0 Å². The van der Waals surface area contributed by atoms with Crippen molar-refractivity contribution in [3.8, 4) is 0 Å². The lowest BCUT2D eigenvalue weighted by Gasteiger charge is -2.14. The molecule has 2 N–H and O–H groups in total. The van der Waals surface area contributed by atoms with Crippen molar-refractivity contribution in [1.82, 2.24) is 5.32 Å². The third-order valence-electron chi connectivity index (χ3n) is 3.28. The van der Waals surface area contributed by atoms with Crippen molar-refractivity contribution in [2.24, 2.45) is 0 Å². The van der Waals surface area contributed by atoms with Gasteiger partial charge in [-0.3, -0.25) is 14.9 Å². The van der Waals surface area contributed by atoms with Gasteiger partial charge < -0.3 is 10.4 Å². The molecule has 2 aromatic carbocycles. The van der Waals surface area contributed by atoms with Gasteiger partial charge in [0, 0.05) is 24.1 Å². The monoisotopic (exact) mass is 332 g/mol. The van der Waals surface area contributed by atoms with E-state index in [1.165, 1.54) is 42.5 Å². The van der Waals surface area contributed by atoms with Crippen LogP contribution in [-0.4, -0.2) is 27.9 Å². The maximum atomic E-state index is 13.1. The van der Waals surface area contributed by atoms with Crippen molar-refractivity contribution in [2.45, 2.75) is 12.5 Å². The number of hydrogen-bond acceptors (Lipinski definition) is 4. The number of carbonyl (C=O) groups is 2. The second-order valence-corrected chi connectivity index (χ2v) is 5.00. The van der Waals surface area contributed by atoms with Crippen LogP contribution in [0.4, 0.5) is 10.1 Å². The summed E-state index contributed by atoms with van der Waals surface area (Å²) in [5.41, 5.74) is 0.395. The molecule has 0 spiro atoms. The minimum Gasteiger partial charge on any atom is -0.480 e. The van der Waals surface area contributed by atoms with E-state index in [0.29, 0.717) is 5.56 Å². The zero-order chi connectivity index (χ0) is 17.7. The molecular weight excluding hydrogens is 319 g/mol. The first-order valence-electron chi connectivity index (χ1n) is 6.89. The summed E-state index contributed by atoms with van der Waals surface area (Å²) in [6.45, 7) is 0. The molecular formula is C16H13FN2O5. The van der Waals surface area contributed by atoms with Crippen LogP contribution in [0.25, 0.3) is 0 Å². The molecule has 0 heterocycles. The first-order chi connectivity index (χ1) is 11.4. The molecule has 124 valence electrons. The molecule has 0 aliphatic rings. The number of hydrogen-bond donors (Lipinski definition) is 2. The van der Waals surface area contributed by atoms with Crippen molar-refractivity contribution in [3.63, 3.8) is 0 Å². The Hall–Kier alpha value is -3.29. The van der Waals surface area contributed by atoms with E-state index in [1.54, 1.807) is 0 Å². The predicted octanol–water partition coefficient (Wildman–Crippen LogP) is 2.16. The fourth-order valence-corrected chi connectivity index (χ4v) is 2.06. The molecule has 0 saturated heterocycles. The molecule has 0 saturated carbocycles. The molecule has 0 bridgehead atoms. The van der Waals surface area contributed by atoms with Gasteiger partial charge in [0.1, 0.15) is 11.9 Å². The molecule has 24 heavy (non-hydrogen) atoms. The Balaban J connectivity index is 2.10. The minimum atomic E-state index is -1.27. The maximum Gasteiger partial charge on any atom is 0.326 e. The predicted molar refractivity (Wildman–Crippen MR) is 82.1 cm³/mol. The fourth-order valence-electron chi connectivity index (χ4n) is 2.06. The van der Waals surface area contributed by atoms with Crippen molar-refractivity contribution >= 4 is 17.6 Å². The summed E-state index contributed by atoms with van der Waals surface area (Å²) in [5.74, 6) is -2.59. The number of aliphatic carboxylic acids is 1. The van der Waals surface area contributed by atoms with Crippen LogP contribution in [-0.2, 0) is 11.2 Å². The summed E-state index contributed by atoms with van der Waals surface area (Å²) in [5, 5.41) is 22.1. The maximum absolute atomic E-state index is 13.1. The molecule has 0 fully saturated rings. The first-order valence-corrected chi connectivity index (χ1v) is 6.89. The standard InChI is InChI=1S/C16H13FN2O5/c17-12-3-1-2-11(9-12)15(20)18-14(16(21)22)8-10-4-6-13(7-5-10)19(23)24/h1-7,9,14H,8H2,(H,18,20)(H,21,22)/t14-/m0/s1. The van der Waals surface area contributed by atoms with Gasteiger partial charge in [0.25, 0.3) is 11.6 Å². The van der Waals surface area contributed by atoms with E-state index in [0.717, 1.165) is 6.07 Å². The van der Waals surface area contributed by atoms with Gasteiger partial charge in [-0.2, -0.15) is 0 Å². The zero-order valence-electron chi connectivity index (χ0n) is 12.3. The Bertz CT molecular complexity index is 776. The molecule has 2 rings (SSSR count). The number of carboxylic acids is 1. The van der Waals surface area contributed by atoms with Gasteiger partial charge in [0.05, 0.1) is 4.92 Å². The number of non-ortho nitro benzene ring substituents is 1. The average molecular weight is 332 g/mol. The van der Waals surface area contributed by atoms with Gasteiger partial charge in [-0.05, 0) is 23.8 Å². The molecule has 1 amide bonds. The van der Waals surface area contributed by atoms with Gasteiger partial charge in [0.2, 0.25) is 0 Å². The summed E-state index contributed by atoms with van der Waals surface area (Å²) in [4.78, 5) is 33.4. The van der Waals surface area contributed by atoms with E-state index in [-0.39, 0.29) is 17.7 Å². The van der Waals surface area contributed by atoms with Gasteiger partial charge in [-0.1, -0.05) is 18.2 Å². The third-order valence-corrected chi connectivity index (χ3v) is 3.28. The Morgan fingerprint density at radius 2 is 1.88 bits per heavy atom. The number of nitro groups is 1. The lowest BCUT2D eigenvalue weighted by atomic mass is 10.0. The summed E-state index contributed by atoms with van der Waals surface area (Å²) in [6, 6.07) is 8.97. The van der Waals surface area contributed by atoms with Gasteiger partial charge in [-0.15, -0.1) is 0 Å². The van der Waals surface area contributed by atoms with Crippen molar-refractivity contribution in [2.75, 3.05) is 0 Å². The zero-order valence-corrected chi connectivity index (χ0v) is 12.3. The Morgan fingerprint density at radius 1 is 1.21 bits per heavy atom. The topological polar surface area (TPSA) is 110 Å². The lowest BCUT2D eigenvalue weighted by Crippen LogP contribution is -2.42. The van der Waals surface area contributed by atoms with Gasteiger partial charge in [-0.25, -0.2) is 9.18 Å². The van der Waals surface area contributed by atoms with Crippen molar-refractivity contribution in [1.29, 1.82) is 0 Å². The highest BCUT2D eigenvalue weighted by atomic mass is 19.1. The molecule has 8 heteroatoms. The molecule has 0 radical (unpaired) electrons. The molecule has 2 aromatic rings. The van der Waals surface area contributed by atoms with Crippen LogP contribution in [0.1, 0.15) is 15.9 Å². The second-order valence-electron chi connectivity index (χ2n) is 5.00. The van der Waals surface area contributed by atoms with E-state index < -0.39 is 28.7 Å². The normalized spacial score (nSPS) is 11.5. The van der Waals surface area contributed by atoms with E-state index in [1.807, 2.05) is 0 Å². The van der Waals surface area contributed by atoms with Crippen LogP contribution in [0, 0.1) is 15.9 Å². The summed E-state index contributed by atoms with van der Waals surface area (Å²) >= 11 is 0. The van der Waals surface area contributed by atoms with E-state index in [4.69, 9.17) is 0 Å². The van der Waals surface area contributed by atoms with Crippen LogP contribution < -0.4 is 5.32 Å². The number of rotatable bonds is 6. The number of benzene rings is 2. The van der Waals surface area contributed by atoms with E-state index in [9.17, 15) is 29.2 Å². The van der Waals surface area contributed by atoms with E-state index in [2.05, 4.69) is 5.32 Å². The highest BCUT2D eigenvalue weighted by molar-refractivity contribution is 5.96. The Kier molecular flexibility index (Phi) is 5.20. The number of halogens is 1. The SMILES string of the molecule is O=C(N[C@@H](Cc1ccc([N+](=O)[O-])cc1)C(=O)O)c1cccc(F)c1. The number of nitro benzene ring substituents is 1. The van der Waals surface area contributed by atoms with Crippen LogP contribution in [0.3, 0.4) is 0 Å². The molecule has 0 aliphatic heterocycles. The minimum absolute atomic E-state index is 0.00458. The molecule has 0 aromatic heterocycles. The summed E-state index contributed by atoms with van der Waals surface area (Å²) < 4.78 is 13.1. The largest absolute Gasteiger partial charge is 0.480 e. The molecule has 7 nitrogen and oxygen atoms in total. The van der Waals surface area contributed by atoms with Crippen molar-refractivity contribution < 1.29 is 24.0 Å². The summed E-state index contributed by atoms with van der Waals surface area (Å²) in [7, 11) is 0. The van der Waals surface area contributed by atoms with Crippen LogP contribution in [0.5, 0.6) is 0 Å². The third kappa shape index (κ3) is 4.35. The van der Waals surface area contributed by atoms with Gasteiger partial charge in [0.15, 0.2) is 0 Å².